The minimum atomic E-state index is 0.0231. The molecule has 1 aromatic rings. The second-order valence-corrected chi connectivity index (χ2v) is 4.71. The molecule has 1 heterocycles. The first-order valence-electron chi connectivity index (χ1n) is 6.28. The summed E-state index contributed by atoms with van der Waals surface area (Å²) in [5.74, 6) is 0.0231. The fraction of sp³-hybridized carbons (Fsp3) is 0.500. The number of carbonyl (C=O) groups is 1. The van der Waals surface area contributed by atoms with Gasteiger partial charge in [-0.1, -0.05) is 24.3 Å². The minimum absolute atomic E-state index is 0.0231. The second-order valence-electron chi connectivity index (χ2n) is 4.71. The lowest BCUT2D eigenvalue weighted by Crippen LogP contribution is -2.20. The summed E-state index contributed by atoms with van der Waals surface area (Å²) < 4.78 is 0. The number of amides is 1. The largest absolute Gasteiger partial charge is 0.352 e. The number of hydrogen-bond acceptors (Lipinski definition) is 2. The van der Waals surface area contributed by atoms with Gasteiger partial charge in [-0.25, -0.2) is 0 Å². The first kappa shape index (κ1) is 12.1. The summed E-state index contributed by atoms with van der Waals surface area (Å²) in [6.45, 7) is 5.65. The van der Waals surface area contributed by atoms with E-state index in [9.17, 15) is 4.79 Å². The number of hydrogen-bond donors (Lipinski definition) is 1. The van der Waals surface area contributed by atoms with Crippen LogP contribution in [0.5, 0.6) is 0 Å². The first-order valence-corrected chi connectivity index (χ1v) is 6.28. The van der Waals surface area contributed by atoms with Crippen molar-refractivity contribution in [2.45, 2.75) is 32.9 Å². The van der Waals surface area contributed by atoms with Crippen molar-refractivity contribution in [3.8, 4) is 0 Å². The van der Waals surface area contributed by atoms with Crippen LogP contribution >= 0.6 is 0 Å². The topological polar surface area (TPSA) is 32.3 Å². The van der Waals surface area contributed by atoms with E-state index < -0.39 is 0 Å². The van der Waals surface area contributed by atoms with Crippen molar-refractivity contribution >= 4 is 5.91 Å². The standard InChI is InChI=1S/C14H20N2O/c1-12(17)15-10-13-5-4-6-14(9-13)11-16-7-2-3-8-16/h4-6,9H,2-3,7-8,10-11H2,1H3,(H,15,17). The van der Waals surface area contributed by atoms with Crippen LogP contribution < -0.4 is 5.32 Å². The third-order valence-electron chi connectivity index (χ3n) is 3.14. The molecule has 92 valence electrons. The second kappa shape index (κ2) is 5.82. The molecule has 17 heavy (non-hydrogen) atoms. The van der Waals surface area contributed by atoms with Crippen LogP contribution in [0.25, 0.3) is 0 Å². The van der Waals surface area contributed by atoms with Gasteiger partial charge < -0.3 is 5.32 Å². The molecule has 1 N–H and O–H groups in total. The van der Waals surface area contributed by atoms with Gasteiger partial charge in [-0.2, -0.15) is 0 Å². The van der Waals surface area contributed by atoms with Gasteiger partial charge in [0.2, 0.25) is 5.91 Å². The molecule has 1 aliphatic heterocycles. The van der Waals surface area contributed by atoms with Gasteiger partial charge in [0, 0.05) is 20.0 Å². The van der Waals surface area contributed by atoms with Crippen molar-refractivity contribution < 1.29 is 4.79 Å². The Bertz CT molecular complexity index is 384. The van der Waals surface area contributed by atoms with Gasteiger partial charge in [-0.15, -0.1) is 0 Å². The highest BCUT2D eigenvalue weighted by molar-refractivity contribution is 5.72. The molecular formula is C14H20N2O. The summed E-state index contributed by atoms with van der Waals surface area (Å²) in [7, 11) is 0. The molecule has 0 aliphatic carbocycles. The van der Waals surface area contributed by atoms with Gasteiger partial charge >= 0.3 is 0 Å². The minimum Gasteiger partial charge on any atom is -0.352 e. The number of nitrogens with zero attached hydrogens (tertiary/aromatic N) is 1. The van der Waals surface area contributed by atoms with Gasteiger partial charge in [-0.05, 0) is 37.1 Å². The third kappa shape index (κ3) is 3.86. The molecular weight excluding hydrogens is 212 g/mol. The molecule has 3 heteroatoms. The number of rotatable bonds is 4. The molecule has 0 saturated carbocycles. The Morgan fingerprint density at radius 1 is 1.29 bits per heavy atom. The summed E-state index contributed by atoms with van der Waals surface area (Å²) in [6, 6.07) is 8.48. The van der Waals surface area contributed by atoms with Crippen LogP contribution in [0.4, 0.5) is 0 Å². The van der Waals surface area contributed by atoms with Crippen LogP contribution in [-0.4, -0.2) is 23.9 Å². The average Bonchev–Trinajstić information content (AvgIpc) is 2.80. The molecule has 1 aromatic carbocycles. The van der Waals surface area contributed by atoms with Gasteiger partial charge in [0.05, 0.1) is 0 Å². The molecule has 0 atom stereocenters. The Hall–Kier alpha value is -1.35. The van der Waals surface area contributed by atoms with E-state index in [4.69, 9.17) is 0 Å². The highest BCUT2D eigenvalue weighted by Gasteiger charge is 2.11. The quantitative estimate of drug-likeness (QED) is 0.860. The molecule has 2 rings (SSSR count). The summed E-state index contributed by atoms with van der Waals surface area (Å²) >= 11 is 0. The SMILES string of the molecule is CC(=O)NCc1cccc(CN2CCCC2)c1. The fourth-order valence-electron chi connectivity index (χ4n) is 2.26. The maximum absolute atomic E-state index is 10.9. The Morgan fingerprint density at radius 2 is 2.00 bits per heavy atom. The van der Waals surface area contributed by atoms with E-state index in [1.165, 1.54) is 37.1 Å². The Kier molecular flexibility index (Phi) is 4.15. The zero-order chi connectivity index (χ0) is 12.1. The van der Waals surface area contributed by atoms with Gasteiger partial charge in [-0.3, -0.25) is 9.69 Å². The molecule has 0 bridgehead atoms. The van der Waals surface area contributed by atoms with Gasteiger partial charge in [0.1, 0.15) is 0 Å². The molecule has 0 spiro atoms. The molecule has 1 aliphatic rings. The number of benzene rings is 1. The van der Waals surface area contributed by atoms with Crippen molar-refractivity contribution in [3.05, 3.63) is 35.4 Å². The molecule has 0 aromatic heterocycles. The number of nitrogens with one attached hydrogen (secondary N) is 1. The summed E-state index contributed by atoms with van der Waals surface area (Å²) in [6.07, 6.45) is 2.65. The highest BCUT2D eigenvalue weighted by Crippen LogP contribution is 2.13. The van der Waals surface area contributed by atoms with E-state index >= 15 is 0 Å². The molecule has 1 saturated heterocycles. The van der Waals surface area contributed by atoms with E-state index in [0.29, 0.717) is 6.54 Å². The lowest BCUT2D eigenvalue weighted by atomic mass is 10.1. The van der Waals surface area contributed by atoms with E-state index in [2.05, 4.69) is 34.5 Å². The van der Waals surface area contributed by atoms with Crippen LogP contribution in [-0.2, 0) is 17.9 Å². The van der Waals surface area contributed by atoms with Crippen molar-refractivity contribution in [2.24, 2.45) is 0 Å². The van der Waals surface area contributed by atoms with Crippen molar-refractivity contribution in [2.75, 3.05) is 13.1 Å². The number of carbonyl (C=O) groups excluding carboxylic acids is 1. The lowest BCUT2D eigenvalue weighted by Gasteiger charge is -2.15. The Balaban J connectivity index is 1.93. The molecule has 1 amide bonds. The average molecular weight is 232 g/mol. The van der Waals surface area contributed by atoms with Crippen LogP contribution in [0.15, 0.2) is 24.3 Å². The smallest absolute Gasteiger partial charge is 0.217 e. The van der Waals surface area contributed by atoms with E-state index in [0.717, 1.165) is 6.54 Å². The lowest BCUT2D eigenvalue weighted by molar-refractivity contribution is -0.119. The van der Waals surface area contributed by atoms with E-state index in [1.54, 1.807) is 6.92 Å². The van der Waals surface area contributed by atoms with Crippen LogP contribution in [0.1, 0.15) is 30.9 Å². The van der Waals surface area contributed by atoms with Crippen LogP contribution in [0.2, 0.25) is 0 Å². The van der Waals surface area contributed by atoms with Crippen molar-refractivity contribution in [1.29, 1.82) is 0 Å². The molecule has 0 unspecified atom stereocenters. The van der Waals surface area contributed by atoms with Gasteiger partial charge in [0.15, 0.2) is 0 Å². The zero-order valence-electron chi connectivity index (χ0n) is 10.4. The highest BCUT2D eigenvalue weighted by atomic mass is 16.1. The van der Waals surface area contributed by atoms with E-state index in [1.807, 2.05) is 0 Å². The van der Waals surface area contributed by atoms with Crippen LogP contribution in [0.3, 0.4) is 0 Å². The summed E-state index contributed by atoms with van der Waals surface area (Å²) in [5.41, 5.74) is 2.52. The maximum Gasteiger partial charge on any atom is 0.217 e. The molecule has 3 nitrogen and oxygen atoms in total. The summed E-state index contributed by atoms with van der Waals surface area (Å²) in [5, 5.41) is 2.83. The monoisotopic (exact) mass is 232 g/mol. The predicted molar refractivity (Wildman–Crippen MR) is 68.5 cm³/mol. The molecule has 0 radical (unpaired) electrons. The first-order chi connectivity index (χ1) is 8.24. The Labute approximate surface area is 103 Å². The van der Waals surface area contributed by atoms with Crippen LogP contribution in [0, 0.1) is 0 Å². The third-order valence-corrected chi connectivity index (χ3v) is 3.14. The normalized spacial score (nSPS) is 16.1. The zero-order valence-corrected chi connectivity index (χ0v) is 10.4. The Morgan fingerprint density at radius 3 is 2.71 bits per heavy atom. The van der Waals surface area contributed by atoms with E-state index in [-0.39, 0.29) is 5.91 Å². The molecule has 1 fully saturated rings. The predicted octanol–water partition coefficient (Wildman–Crippen LogP) is 1.92. The number of likely N-dealkylation sites (tertiary alicyclic amines) is 1. The summed E-state index contributed by atoms with van der Waals surface area (Å²) in [4.78, 5) is 13.3. The van der Waals surface area contributed by atoms with Crippen molar-refractivity contribution in [1.82, 2.24) is 10.2 Å². The van der Waals surface area contributed by atoms with Crippen molar-refractivity contribution in [3.63, 3.8) is 0 Å². The maximum atomic E-state index is 10.9. The fourth-order valence-corrected chi connectivity index (χ4v) is 2.26. The van der Waals surface area contributed by atoms with Gasteiger partial charge in [0.25, 0.3) is 0 Å².